The quantitative estimate of drug-likeness (QED) is 0.654. The van der Waals surface area contributed by atoms with Gasteiger partial charge in [-0.05, 0) is 35.4 Å². The number of hydrogen-bond donors (Lipinski definition) is 2. The summed E-state index contributed by atoms with van der Waals surface area (Å²) in [6.07, 6.45) is 3.36. The van der Waals surface area contributed by atoms with Gasteiger partial charge in [0.1, 0.15) is 11.5 Å². The van der Waals surface area contributed by atoms with Gasteiger partial charge in [0, 0.05) is 23.6 Å². The van der Waals surface area contributed by atoms with Gasteiger partial charge in [-0.15, -0.1) is 0 Å². The van der Waals surface area contributed by atoms with Crippen LogP contribution in [0.4, 0.5) is 0 Å². The number of aromatic hydroxyl groups is 2. The highest BCUT2D eigenvalue weighted by Gasteiger charge is 1.98. The normalized spacial score (nSPS) is 11.4. The van der Waals surface area contributed by atoms with Crippen molar-refractivity contribution in [3.63, 3.8) is 0 Å². The predicted molar refractivity (Wildman–Crippen MR) is 105 cm³/mol. The van der Waals surface area contributed by atoms with E-state index in [0.29, 0.717) is 24.2 Å². The first-order valence-electron chi connectivity index (χ1n) is 8.36. The lowest BCUT2D eigenvalue weighted by molar-refractivity contribution is 0.474. The number of benzene rings is 3. The van der Waals surface area contributed by atoms with Crippen molar-refractivity contribution in [3.8, 4) is 11.5 Å². The number of hydrogen-bond acceptors (Lipinski definition) is 4. The molecule has 3 rings (SSSR count). The van der Waals surface area contributed by atoms with E-state index in [0.717, 1.165) is 11.1 Å². The van der Waals surface area contributed by atoms with Crippen LogP contribution in [0.15, 0.2) is 82.8 Å². The molecule has 130 valence electrons. The maximum absolute atomic E-state index is 9.74. The zero-order valence-electron chi connectivity index (χ0n) is 14.3. The van der Waals surface area contributed by atoms with E-state index in [-0.39, 0.29) is 11.5 Å². The van der Waals surface area contributed by atoms with Crippen LogP contribution in [0.5, 0.6) is 11.5 Å². The fourth-order valence-corrected chi connectivity index (χ4v) is 2.52. The maximum atomic E-state index is 9.74. The molecule has 0 amide bonds. The van der Waals surface area contributed by atoms with Gasteiger partial charge in [-0.3, -0.25) is 9.98 Å². The van der Waals surface area contributed by atoms with Crippen LogP contribution in [-0.2, 0) is 13.1 Å². The molecule has 0 aliphatic rings. The Bertz CT molecular complexity index is 860. The number of nitrogens with zero attached hydrogens (tertiary/aromatic N) is 2. The molecule has 0 fully saturated rings. The van der Waals surface area contributed by atoms with E-state index in [1.165, 1.54) is 0 Å². The van der Waals surface area contributed by atoms with Crippen molar-refractivity contribution < 1.29 is 10.2 Å². The number of para-hydroxylation sites is 2. The molecule has 0 aliphatic carbocycles. The van der Waals surface area contributed by atoms with E-state index in [1.54, 1.807) is 36.7 Å². The SMILES string of the molecule is Oc1ccccc1/C=N/Cc1cccc(C/N=C/c2ccccc2O)c1. The summed E-state index contributed by atoms with van der Waals surface area (Å²) in [6, 6.07) is 22.3. The molecule has 0 aliphatic heterocycles. The molecule has 0 heterocycles. The third-order valence-electron chi connectivity index (χ3n) is 3.87. The average molecular weight is 344 g/mol. The molecule has 26 heavy (non-hydrogen) atoms. The Kier molecular flexibility index (Phi) is 5.78. The molecule has 3 aromatic rings. The van der Waals surface area contributed by atoms with Crippen molar-refractivity contribution in [3.05, 3.63) is 95.1 Å². The largest absolute Gasteiger partial charge is 0.507 e. The minimum Gasteiger partial charge on any atom is -0.507 e. The molecule has 0 radical (unpaired) electrons. The number of phenols is 2. The zero-order chi connectivity index (χ0) is 18.2. The summed E-state index contributed by atoms with van der Waals surface area (Å²) in [5.41, 5.74) is 3.56. The van der Waals surface area contributed by atoms with E-state index in [1.807, 2.05) is 42.5 Å². The van der Waals surface area contributed by atoms with Crippen LogP contribution in [0, 0.1) is 0 Å². The third-order valence-corrected chi connectivity index (χ3v) is 3.87. The summed E-state index contributed by atoms with van der Waals surface area (Å²) in [5.74, 6) is 0.451. The van der Waals surface area contributed by atoms with Crippen molar-refractivity contribution in [1.82, 2.24) is 0 Å². The van der Waals surface area contributed by atoms with E-state index in [4.69, 9.17) is 0 Å². The van der Waals surface area contributed by atoms with Gasteiger partial charge in [-0.25, -0.2) is 0 Å². The zero-order valence-corrected chi connectivity index (χ0v) is 14.3. The van der Waals surface area contributed by atoms with Crippen LogP contribution < -0.4 is 0 Å². The first kappa shape index (κ1) is 17.4. The number of phenolic OH excluding ortho intramolecular Hbond substituents is 2. The van der Waals surface area contributed by atoms with Gasteiger partial charge in [-0.1, -0.05) is 48.5 Å². The van der Waals surface area contributed by atoms with Crippen LogP contribution in [0.1, 0.15) is 22.3 Å². The van der Waals surface area contributed by atoms with E-state index in [9.17, 15) is 10.2 Å². The van der Waals surface area contributed by atoms with Crippen molar-refractivity contribution in [2.75, 3.05) is 0 Å². The fourth-order valence-electron chi connectivity index (χ4n) is 2.52. The second kappa shape index (κ2) is 8.62. The molecule has 0 saturated heterocycles. The summed E-state index contributed by atoms with van der Waals surface area (Å²) in [7, 11) is 0. The highest BCUT2D eigenvalue weighted by Crippen LogP contribution is 2.15. The predicted octanol–water partition coefficient (Wildman–Crippen LogP) is 4.34. The Balaban J connectivity index is 1.61. The fraction of sp³-hybridized carbons (Fsp3) is 0.0909. The summed E-state index contributed by atoms with van der Waals surface area (Å²) >= 11 is 0. The van der Waals surface area contributed by atoms with Crippen LogP contribution >= 0.6 is 0 Å². The Morgan fingerprint density at radius 1 is 0.615 bits per heavy atom. The Morgan fingerprint density at radius 3 is 1.54 bits per heavy atom. The van der Waals surface area contributed by atoms with Gasteiger partial charge in [0.05, 0.1) is 13.1 Å². The highest BCUT2D eigenvalue weighted by molar-refractivity contribution is 5.83. The van der Waals surface area contributed by atoms with Crippen molar-refractivity contribution >= 4 is 12.4 Å². The van der Waals surface area contributed by atoms with E-state index >= 15 is 0 Å². The standard InChI is InChI=1S/C22H20N2O2/c25-21-10-3-1-8-19(21)15-23-13-17-6-5-7-18(12-17)14-24-16-20-9-2-4-11-22(20)26/h1-12,15-16,25-26H,13-14H2/b23-15+,24-16+. The van der Waals surface area contributed by atoms with Crippen molar-refractivity contribution in [2.24, 2.45) is 9.98 Å². The highest BCUT2D eigenvalue weighted by atomic mass is 16.3. The molecule has 4 nitrogen and oxygen atoms in total. The van der Waals surface area contributed by atoms with Crippen molar-refractivity contribution in [1.29, 1.82) is 0 Å². The van der Waals surface area contributed by atoms with Crippen LogP contribution in [0.2, 0.25) is 0 Å². The smallest absolute Gasteiger partial charge is 0.124 e. The number of rotatable bonds is 6. The molecular weight excluding hydrogens is 324 g/mol. The molecular formula is C22H20N2O2. The summed E-state index contributed by atoms with van der Waals surface area (Å²) in [5, 5.41) is 19.5. The van der Waals surface area contributed by atoms with Crippen molar-refractivity contribution in [2.45, 2.75) is 13.1 Å². The van der Waals surface area contributed by atoms with Crippen LogP contribution in [0.25, 0.3) is 0 Å². The van der Waals surface area contributed by atoms with Gasteiger partial charge in [0.25, 0.3) is 0 Å². The maximum Gasteiger partial charge on any atom is 0.124 e. The third kappa shape index (κ3) is 4.80. The Morgan fingerprint density at radius 2 is 1.08 bits per heavy atom. The Labute approximate surface area is 152 Å². The van der Waals surface area contributed by atoms with Gasteiger partial charge >= 0.3 is 0 Å². The van der Waals surface area contributed by atoms with Gasteiger partial charge in [0.15, 0.2) is 0 Å². The van der Waals surface area contributed by atoms with E-state index in [2.05, 4.69) is 16.1 Å². The minimum atomic E-state index is 0.225. The first-order chi connectivity index (χ1) is 12.7. The molecule has 4 heteroatoms. The molecule has 0 bridgehead atoms. The summed E-state index contributed by atoms with van der Waals surface area (Å²) in [6.45, 7) is 1.07. The molecule has 2 N–H and O–H groups in total. The summed E-state index contributed by atoms with van der Waals surface area (Å²) in [4.78, 5) is 8.79. The molecule has 0 atom stereocenters. The van der Waals surface area contributed by atoms with Gasteiger partial charge < -0.3 is 10.2 Å². The topological polar surface area (TPSA) is 65.2 Å². The summed E-state index contributed by atoms with van der Waals surface area (Å²) < 4.78 is 0. The monoisotopic (exact) mass is 344 g/mol. The van der Waals surface area contributed by atoms with E-state index < -0.39 is 0 Å². The molecule has 0 spiro atoms. The second-order valence-electron chi connectivity index (χ2n) is 5.88. The molecule has 3 aromatic carbocycles. The van der Waals surface area contributed by atoms with Crippen LogP contribution in [-0.4, -0.2) is 22.6 Å². The molecule has 0 aromatic heterocycles. The molecule has 0 unspecified atom stereocenters. The lowest BCUT2D eigenvalue weighted by atomic mass is 10.1. The van der Waals surface area contributed by atoms with Gasteiger partial charge in [-0.2, -0.15) is 0 Å². The minimum absolute atomic E-state index is 0.225. The lowest BCUT2D eigenvalue weighted by Crippen LogP contribution is -1.89. The second-order valence-corrected chi connectivity index (χ2v) is 5.88. The lowest BCUT2D eigenvalue weighted by Gasteiger charge is -2.02. The molecule has 0 saturated carbocycles. The van der Waals surface area contributed by atoms with Crippen LogP contribution in [0.3, 0.4) is 0 Å². The Hall–Kier alpha value is -3.40. The van der Waals surface area contributed by atoms with Gasteiger partial charge in [0.2, 0.25) is 0 Å². The average Bonchev–Trinajstić information content (AvgIpc) is 2.65. The first-order valence-corrected chi connectivity index (χ1v) is 8.36. The number of aliphatic imine (C=N–C) groups is 2.